The Morgan fingerprint density at radius 2 is 1.90 bits per heavy atom. The van der Waals surface area contributed by atoms with E-state index in [1.54, 1.807) is 0 Å². The molecule has 2 aromatic carbocycles. The minimum Gasteiger partial charge on any atom is -0.396 e. The van der Waals surface area contributed by atoms with E-state index in [1.165, 1.54) is 50.6 Å². The molecular formula is C31H35N2O5S+. The molecule has 5 aliphatic heterocycles. The summed E-state index contributed by atoms with van der Waals surface area (Å²) in [6.45, 7) is 11.3. The molecule has 0 radical (unpaired) electrons. The average Bonchev–Trinajstić information content (AvgIpc) is 3.30. The molecule has 2 aromatic rings. The first-order valence-corrected chi connectivity index (χ1v) is 14.6. The van der Waals surface area contributed by atoms with Crippen LogP contribution in [0.3, 0.4) is 0 Å². The number of anilines is 1. The van der Waals surface area contributed by atoms with Gasteiger partial charge in [-0.2, -0.15) is 4.58 Å². The minimum absolute atomic E-state index is 0.0914. The molecule has 8 heteroatoms. The number of nitrogens with zero attached hydrogens (tertiary/aromatic N) is 2. The summed E-state index contributed by atoms with van der Waals surface area (Å²) in [5, 5.41) is 22.0. The fourth-order valence-electron chi connectivity index (χ4n) is 7.71. The zero-order valence-corrected chi connectivity index (χ0v) is 23.7. The van der Waals surface area contributed by atoms with Gasteiger partial charge >= 0.3 is 0 Å². The molecule has 7 nitrogen and oxygen atoms in total. The van der Waals surface area contributed by atoms with E-state index in [0.717, 1.165) is 42.9 Å². The van der Waals surface area contributed by atoms with Crippen molar-refractivity contribution in [3.8, 4) is 0 Å². The Morgan fingerprint density at radius 1 is 1.05 bits per heavy atom. The molecule has 2 unspecified atom stereocenters. The lowest BCUT2D eigenvalue weighted by molar-refractivity contribution is -0.445. The van der Waals surface area contributed by atoms with E-state index in [0.29, 0.717) is 6.42 Å². The lowest BCUT2D eigenvalue weighted by Gasteiger charge is -2.42. The van der Waals surface area contributed by atoms with Crippen LogP contribution in [0.1, 0.15) is 57.2 Å². The van der Waals surface area contributed by atoms with Crippen LogP contribution in [0, 0.1) is 0 Å². The van der Waals surface area contributed by atoms with Gasteiger partial charge in [-0.1, -0.05) is 25.0 Å². The van der Waals surface area contributed by atoms with Gasteiger partial charge in [-0.25, -0.2) is 5.26 Å². The Labute approximate surface area is 233 Å². The van der Waals surface area contributed by atoms with Crippen molar-refractivity contribution in [3.05, 3.63) is 76.0 Å². The van der Waals surface area contributed by atoms with Crippen LogP contribution in [0.15, 0.2) is 64.2 Å². The van der Waals surface area contributed by atoms with E-state index in [-0.39, 0.29) is 29.6 Å². The quantitative estimate of drug-likeness (QED) is 0.219. The maximum atomic E-state index is 9.53. The summed E-state index contributed by atoms with van der Waals surface area (Å²) in [4.78, 5) is 3.35. The average molecular weight is 548 g/mol. The molecular weight excluding hydrogens is 512 g/mol. The first-order valence-electron chi connectivity index (χ1n) is 13.8. The summed E-state index contributed by atoms with van der Waals surface area (Å²) in [6.07, 6.45) is 5.27. The largest absolute Gasteiger partial charge is 0.396 e. The van der Waals surface area contributed by atoms with Crippen molar-refractivity contribution >= 4 is 29.1 Å². The second-order valence-electron chi connectivity index (χ2n) is 12.2. The van der Waals surface area contributed by atoms with Gasteiger partial charge in [0.15, 0.2) is 12.3 Å². The summed E-state index contributed by atoms with van der Waals surface area (Å²) in [6, 6.07) is 13.0. The maximum Gasteiger partial charge on any atom is 0.209 e. The fourth-order valence-corrected chi connectivity index (χ4v) is 8.11. The molecule has 39 heavy (non-hydrogen) atoms. The number of allylic oxidation sites excluding steroid dienone is 1. The van der Waals surface area contributed by atoms with Gasteiger partial charge in [0.1, 0.15) is 0 Å². The molecule has 5 aliphatic rings. The Hall–Kier alpha value is -2.46. The Kier molecular flexibility index (Phi) is 5.90. The van der Waals surface area contributed by atoms with Gasteiger partial charge in [0.05, 0.1) is 29.7 Å². The number of rotatable bonds is 5. The number of ether oxygens (including phenoxy) is 1. The van der Waals surface area contributed by atoms with E-state index in [1.807, 2.05) is 6.07 Å². The van der Waals surface area contributed by atoms with Crippen molar-refractivity contribution in [1.29, 1.82) is 0 Å². The molecule has 0 amide bonds. The summed E-state index contributed by atoms with van der Waals surface area (Å²) in [5.41, 5.74) is 11.2. The molecule has 2 N–H and O–H groups in total. The van der Waals surface area contributed by atoms with Crippen molar-refractivity contribution in [2.24, 2.45) is 0 Å². The normalized spacial score (nSPS) is 25.5. The lowest BCUT2D eigenvalue weighted by Crippen LogP contribution is -2.47. The van der Waals surface area contributed by atoms with Gasteiger partial charge in [-0.05, 0) is 68.2 Å². The highest BCUT2D eigenvalue weighted by Crippen LogP contribution is 2.54. The van der Waals surface area contributed by atoms with Crippen LogP contribution in [0.25, 0.3) is 0 Å². The van der Waals surface area contributed by atoms with E-state index in [4.69, 9.17) is 14.3 Å². The van der Waals surface area contributed by atoms with Crippen molar-refractivity contribution in [3.63, 3.8) is 0 Å². The molecule has 2 atom stereocenters. The highest BCUT2D eigenvalue weighted by Gasteiger charge is 2.54. The van der Waals surface area contributed by atoms with E-state index < -0.39 is 0 Å². The van der Waals surface area contributed by atoms with Gasteiger partial charge in [0, 0.05) is 64.0 Å². The van der Waals surface area contributed by atoms with Crippen LogP contribution < -0.4 is 4.90 Å². The number of fused-ring (bicyclic) bond motifs is 8. The Bertz CT molecular complexity index is 1470. The first kappa shape index (κ1) is 25.5. The van der Waals surface area contributed by atoms with Crippen LogP contribution in [-0.4, -0.2) is 52.6 Å². The van der Waals surface area contributed by atoms with Crippen LogP contribution in [0.4, 0.5) is 11.4 Å². The summed E-state index contributed by atoms with van der Waals surface area (Å²) in [5.74, 6) is 0. The van der Waals surface area contributed by atoms with Gasteiger partial charge in [-0.15, -0.1) is 4.33 Å². The standard InChI is InChI=1S/C31H34N2O5S/c1-30(2)22-15-18(11-14-34)5-7-24(22)32-12-9-26-20(28(30)32)17-21-27(36-26)10-13-33-25-8-6-19(39-38-37-35)16-23(25)31(3,4)29(21)33/h5-8,15-17,26-27,34H,9-14H2,1-4H3/p+1. The smallest absolute Gasteiger partial charge is 0.209 e. The van der Waals surface area contributed by atoms with Crippen LogP contribution in [0.5, 0.6) is 0 Å². The second kappa shape index (κ2) is 9.03. The van der Waals surface area contributed by atoms with Crippen molar-refractivity contribution < 1.29 is 29.0 Å². The molecule has 0 aromatic heterocycles. The van der Waals surface area contributed by atoms with Crippen molar-refractivity contribution in [2.75, 3.05) is 24.6 Å². The van der Waals surface area contributed by atoms with E-state index in [9.17, 15) is 5.11 Å². The predicted octanol–water partition coefficient (Wildman–Crippen LogP) is 5.58. The molecule has 5 heterocycles. The van der Waals surface area contributed by atoms with Crippen LogP contribution in [0.2, 0.25) is 0 Å². The zero-order valence-electron chi connectivity index (χ0n) is 22.9. The molecule has 0 bridgehead atoms. The molecule has 204 valence electrons. The molecule has 0 spiro atoms. The molecule has 0 fully saturated rings. The van der Waals surface area contributed by atoms with Crippen LogP contribution >= 0.6 is 12.0 Å². The monoisotopic (exact) mass is 547 g/mol. The maximum absolute atomic E-state index is 9.53. The third-order valence-corrected chi connectivity index (χ3v) is 9.93. The van der Waals surface area contributed by atoms with Crippen molar-refractivity contribution in [1.82, 2.24) is 0 Å². The van der Waals surface area contributed by atoms with Crippen LogP contribution in [-0.2, 0) is 31.4 Å². The summed E-state index contributed by atoms with van der Waals surface area (Å²) >= 11 is 1.00. The third kappa shape index (κ3) is 3.66. The Balaban J connectivity index is 1.35. The number of benzene rings is 2. The molecule has 0 saturated heterocycles. The molecule has 0 aliphatic carbocycles. The topological polar surface area (TPSA) is 74.4 Å². The number of aliphatic hydroxyl groups is 1. The first-order chi connectivity index (χ1) is 18.8. The van der Waals surface area contributed by atoms with Gasteiger partial charge < -0.3 is 14.7 Å². The summed E-state index contributed by atoms with van der Waals surface area (Å²) < 4.78 is 14.2. The van der Waals surface area contributed by atoms with Crippen molar-refractivity contribution in [2.45, 2.75) is 74.9 Å². The molecule has 0 saturated carbocycles. The third-order valence-electron chi connectivity index (χ3n) is 9.35. The fraction of sp³-hybridized carbons (Fsp3) is 0.452. The summed E-state index contributed by atoms with van der Waals surface area (Å²) in [7, 11) is 0. The van der Waals surface area contributed by atoms with Gasteiger partial charge in [0.25, 0.3) is 0 Å². The van der Waals surface area contributed by atoms with Gasteiger partial charge in [0.2, 0.25) is 5.69 Å². The van der Waals surface area contributed by atoms with E-state index in [2.05, 4.69) is 78.6 Å². The highest BCUT2D eigenvalue weighted by atomic mass is 32.2. The number of hydrogen-bond acceptors (Lipinski definition) is 7. The Morgan fingerprint density at radius 3 is 2.69 bits per heavy atom. The second-order valence-corrected chi connectivity index (χ2v) is 13.0. The highest BCUT2D eigenvalue weighted by molar-refractivity contribution is 7.94. The van der Waals surface area contributed by atoms with E-state index >= 15 is 0 Å². The predicted molar refractivity (Wildman–Crippen MR) is 151 cm³/mol. The number of hydrogen-bond donors (Lipinski definition) is 2. The minimum atomic E-state index is -0.223. The zero-order chi connectivity index (χ0) is 27.1. The lowest BCUT2D eigenvalue weighted by atomic mass is 9.73. The SMILES string of the molecule is CC1(C)C2=C3C=C4C5=[N+](CCC4OC3CCN2c2ccc(SOOO)cc21)c1ccc(CCO)cc1C5(C)C. The van der Waals surface area contributed by atoms with Gasteiger partial charge in [-0.3, -0.25) is 0 Å². The molecule has 7 rings (SSSR count). The number of aliphatic hydroxyl groups excluding tert-OH is 1.